The van der Waals surface area contributed by atoms with E-state index >= 15 is 0 Å². The van der Waals surface area contributed by atoms with Gasteiger partial charge in [-0.2, -0.15) is 0 Å². The van der Waals surface area contributed by atoms with E-state index in [9.17, 15) is 8.42 Å². The molecule has 1 aliphatic heterocycles. The third-order valence-electron chi connectivity index (χ3n) is 7.12. The molecule has 170 valence electrons. The lowest BCUT2D eigenvalue weighted by Crippen LogP contribution is -2.27. The molecule has 2 aliphatic carbocycles. The maximum atomic E-state index is 11.6. The molecule has 2 saturated carbocycles. The number of hydrogen-bond acceptors (Lipinski definition) is 7. The first-order valence-corrected chi connectivity index (χ1v) is 13.3. The molecule has 3 heterocycles. The van der Waals surface area contributed by atoms with Crippen molar-refractivity contribution in [1.82, 2.24) is 15.0 Å². The van der Waals surface area contributed by atoms with Gasteiger partial charge in [-0.15, -0.1) is 0 Å². The summed E-state index contributed by atoms with van der Waals surface area (Å²) in [6, 6.07) is 10.6. The van der Waals surface area contributed by atoms with Crippen LogP contribution in [-0.2, 0) is 9.84 Å². The number of sulfone groups is 1. The quantitative estimate of drug-likeness (QED) is 0.530. The van der Waals surface area contributed by atoms with Crippen molar-refractivity contribution in [3.05, 3.63) is 60.6 Å². The summed E-state index contributed by atoms with van der Waals surface area (Å²) < 4.78 is 29.2. The number of pyridine rings is 1. The van der Waals surface area contributed by atoms with Gasteiger partial charge < -0.3 is 9.64 Å². The van der Waals surface area contributed by atoms with Gasteiger partial charge in [0.15, 0.2) is 9.84 Å². The molecular weight excluding hydrogens is 436 g/mol. The van der Waals surface area contributed by atoms with Crippen LogP contribution in [-0.4, -0.2) is 49.3 Å². The van der Waals surface area contributed by atoms with Crippen LogP contribution in [0.2, 0.25) is 0 Å². The fraction of sp³-hybridized carbons (Fsp3) is 0.400. The Morgan fingerprint density at radius 3 is 2.21 bits per heavy atom. The first-order valence-electron chi connectivity index (χ1n) is 11.4. The molecule has 7 nitrogen and oxygen atoms in total. The van der Waals surface area contributed by atoms with Gasteiger partial charge in [0.25, 0.3) is 0 Å². The Kier molecular flexibility index (Phi) is 4.87. The van der Waals surface area contributed by atoms with Gasteiger partial charge in [0.05, 0.1) is 23.4 Å². The summed E-state index contributed by atoms with van der Waals surface area (Å²) in [6.45, 7) is 2.71. The summed E-state index contributed by atoms with van der Waals surface area (Å²) in [5, 5.41) is 0. The molecule has 1 aromatic carbocycles. The maximum absolute atomic E-state index is 11.6. The summed E-state index contributed by atoms with van der Waals surface area (Å²) in [4.78, 5) is 16.3. The molecule has 1 saturated heterocycles. The van der Waals surface area contributed by atoms with Crippen LogP contribution in [0.1, 0.15) is 24.3 Å². The van der Waals surface area contributed by atoms with E-state index in [4.69, 9.17) is 4.74 Å². The van der Waals surface area contributed by atoms with Crippen molar-refractivity contribution in [2.45, 2.75) is 23.7 Å². The lowest BCUT2D eigenvalue weighted by atomic mass is 10.1. The maximum Gasteiger partial charge on any atom is 0.225 e. The van der Waals surface area contributed by atoms with Crippen LogP contribution in [0.25, 0.3) is 11.3 Å². The summed E-state index contributed by atoms with van der Waals surface area (Å²) >= 11 is 0. The summed E-state index contributed by atoms with van der Waals surface area (Å²) in [5.41, 5.74) is 2.94. The zero-order valence-electron chi connectivity index (χ0n) is 18.5. The molecule has 0 amide bonds. The molecule has 8 heteroatoms. The number of benzene rings is 1. The van der Waals surface area contributed by atoms with Crippen molar-refractivity contribution in [2.24, 2.45) is 17.8 Å². The van der Waals surface area contributed by atoms with Crippen molar-refractivity contribution in [3.8, 4) is 17.0 Å². The number of piperidine rings is 1. The minimum atomic E-state index is -3.20. The Morgan fingerprint density at radius 2 is 1.64 bits per heavy atom. The topological polar surface area (TPSA) is 85.3 Å². The van der Waals surface area contributed by atoms with Crippen LogP contribution in [0.3, 0.4) is 0 Å². The second kappa shape index (κ2) is 7.80. The second-order valence-corrected chi connectivity index (χ2v) is 11.5. The Labute approximate surface area is 193 Å². The van der Waals surface area contributed by atoms with E-state index in [0.29, 0.717) is 35.2 Å². The zero-order chi connectivity index (χ0) is 22.6. The van der Waals surface area contributed by atoms with E-state index in [1.165, 1.54) is 24.7 Å². The van der Waals surface area contributed by atoms with E-state index in [2.05, 4.69) is 19.9 Å². The van der Waals surface area contributed by atoms with Crippen molar-refractivity contribution >= 4 is 15.8 Å². The molecule has 3 fully saturated rings. The van der Waals surface area contributed by atoms with E-state index in [1.807, 2.05) is 24.5 Å². The number of rotatable bonds is 7. The van der Waals surface area contributed by atoms with Crippen molar-refractivity contribution in [1.29, 1.82) is 0 Å². The van der Waals surface area contributed by atoms with Gasteiger partial charge in [0.1, 0.15) is 5.75 Å². The highest BCUT2D eigenvalue weighted by molar-refractivity contribution is 7.90. The minimum Gasteiger partial charge on any atom is -0.492 e. The molecule has 0 radical (unpaired) electrons. The number of anilines is 1. The van der Waals surface area contributed by atoms with Gasteiger partial charge in [-0.05, 0) is 60.4 Å². The summed E-state index contributed by atoms with van der Waals surface area (Å²) in [7, 11) is -3.20. The fourth-order valence-corrected chi connectivity index (χ4v) is 5.51. The van der Waals surface area contributed by atoms with E-state index in [1.54, 1.807) is 30.5 Å². The van der Waals surface area contributed by atoms with Crippen LogP contribution in [0.5, 0.6) is 5.75 Å². The number of fused-ring (bicyclic) bond motifs is 1. The van der Waals surface area contributed by atoms with Crippen molar-refractivity contribution in [3.63, 3.8) is 0 Å². The van der Waals surface area contributed by atoms with E-state index < -0.39 is 9.84 Å². The van der Waals surface area contributed by atoms with Gasteiger partial charge in [-0.1, -0.05) is 12.1 Å². The first-order chi connectivity index (χ1) is 16.0. The van der Waals surface area contributed by atoms with Gasteiger partial charge >= 0.3 is 0 Å². The number of nitrogens with zero attached hydrogens (tertiary/aromatic N) is 4. The molecule has 0 N–H and O–H groups in total. The van der Waals surface area contributed by atoms with Crippen molar-refractivity contribution in [2.75, 3.05) is 30.9 Å². The SMILES string of the molecule is CS(=O)(=O)c1ccc(-c2ccc(OCC3C4CN(c5ncc(C6CC6)cn5)CC34)cn2)cc1. The van der Waals surface area contributed by atoms with Gasteiger partial charge in [-0.25, -0.2) is 18.4 Å². The van der Waals surface area contributed by atoms with E-state index in [0.717, 1.165) is 36.0 Å². The van der Waals surface area contributed by atoms with Gasteiger partial charge in [0, 0.05) is 43.2 Å². The molecule has 0 bridgehead atoms. The normalized spacial score (nSPS) is 23.9. The van der Waals surface area contributed by atoms with Crippen LogP contribution < -0.4 is 9.64 Å². The molecule has 3 aromatic rings. The average Bonchev–Trinajstić information content (AvgIpc) is 3.74. The highest BCUT2D eigenvalue weighted by Gasteiger charge is 2.56. The van der Waals surface area contributed by atoms with E-state index in [-0.39, 0.29) is 0 Å². The highest BCUT2D eigenvalue weighted by atomic mass is 32.2. The predicted molar refractivity (Wildman–Crippen MR) is 125 cm³/mol. The monoisotopic (exact) mass is 462 g/mol. The van der Waals surface area contributed by atoms with Crippen LogP contribution >= 0.6 is 0 Å². The molecule has 2 atom stereocenters. The standard InChI is InChI=1S/C25H26N4O3S/c1-33(30,31)20-7-4-17(5-8-20)24-9-6-19(12-26-24)32-15-23-21-13-29(14-22(21)23)25-27-10-18(11-28-25)16-2-3-16/h4-12,16,21-23H,2-3,13-15H2,1H3. The molecule has 3 aliphatic rings. The Morgan fingerprint density at radius 1 is 0.939 bits per heavy atom. The summed E-state index contributed by atoms with van der Waals surface area (Å²) in [5.74, 6) is 4.18. The zero-order valence-corrected chi connectivity index (χ0v) is 19.3. The highest BCUT2D eigenvalue weighted by Crippen LogP contribution is 2.52. The molecule has 2 unspecified atom stereocenters. The Balaban J connectivity index is 1.01. The molecule has 0 spiro atoms. The lowest BCUT2D eigenvalue weighted by Gasteiger charge is -2.20. The fourth-order valence-electron chi connectivity index (χ4n) is 4.88. The minimum absolute atomic E-state index is 0.307. The second-order valence-electron chi connectivity index (χ2n) is 9.47. The molecule has 2 aromatic heterocycles. The third-order valence-corrected chi connectivity index (χ3v) is 8.25. The first kappa shape index (κ1) is 20.6. The van der Waals surface area contributed by atoms with Crippen molar-refractivity contribution < 1.29 is 13.2 Å². The number of hydrogen-bond donors (Lipinski definition) is 0. The Bertz CT molecular complexity index is 1240. The smallest absolute Gasteiger partial charge is 0.225 e. The molecular formula is C25H26N4O3S. The average molecular weight is 463 g/mol. The predicted octanol–water partition coefficient (Wildman–Crippen LogP) is 3.58. The van der Waals surface area contributed by atoms with Gasteiger partial charge in [-0.3, -0.25) is 4.98 Å². The van der Waals surface area contributed by atoms with Crippen LogP contribution in [0.4, 0.5) is 5.95 Å². The lowest BCUT2D eigenvalue weighted by molar-refractivity contribution is 0.282. The van der Waals surface area contributed by atoms with Crippen LogP contribution in [0.15, 0.2) is 59.9 Å². The summed E-state index contributed by atoms with van der Waals surface area (Å²) in [6.07, 6.45) is 9.49. The molecule has 33 heavy (non-hydrogen) atoms. The molecule has 6 rings (SSSR count). The third kappa shape index (κ3) is 4.19. The number of ether oxygens (including phenoxy) is 1. The Hall–Kier alpha value is -3.00. The van der Waals surface area contributed by atoms with Crippen LogP contribution in [0, 0.1) is 17.8 Å². The number of aromatic nitrogens is 3. The largest absolute Gasteiger partial charge is 0.492 e. The van der Waals surface area contributed by atoms with Gasteiger partial charge in [0.2, 0.25) is 5.95 Å².